The number of aryl methyl sites for hydroxylation is 1. The van der Waals surface area contributed by atoms with E-state index in [4.69, 9.17) is 20.2 Å². The van der Waals surface area contributed by atoms with Crippen LogP contribution in [-0.4, -0.2) is 46.1 Å². The molecule has 0 bridgehead atoms. The summed E-state index contributed by atoms with van der Waals surface area (Å²) in [6, 6.07) is 16.5. The molecule has 4 aromatic rings. The van der Waals surface area contributed by atoms with Crippen LogP contribution in [0.1, 0.15) is 53.9 Å². The zero-order valence-corrected chi connectivity index (χ0v) is 23.2. The van der Waals surface area contributed by atoms with Gasteiger partial charge in [0.15, 0.2) is 0 Å². The highest BCUT2D eigenvalue weighted by Crippen LogP contribution is 2.45. The maximum absolute atomic E-state index is 13.3. The van der Waals surface area contributed by atoms with Crippen molar-refractivity contribution in [3.63, 3.8) is 0 Å². The average Bonchev–Trinajstić information content (AvgIpc) is 3.71. The van der Waals surface area contributed by atoms with E-state index in [9.17, 15) is 14.7 Å². The molecular formula is C32H32N4O5. The number of amides is 2. The van der Waals surface area contributed by atoms with Crippen molar-refractivity contribution in [2.45, 2.75) is 50.7 Å². The molecule has 2 aromatic carbocycles. The number of nitrogens with zero attached hydrogens (tertiary/aromatic N) is 2. The number of primary amides is 1. The van der Waals surface area contributed by atoms with Gasteiger partial charge in [-0.3, -0.25) is 14.6 Å². The van der Waals surface area contributed by atoms with Crippen molar-refractivity contribution in [1.82, 2.24) is 15.3 Å². The van der Waals surface area contributed by atoms with Crippen molar-refractivity contribution in [2.24, 2.45) is 5.73 Å². The minimum atomic E-state index is -1.59. The Bertz CT molecular complexity index is 1680. The van der Waals surface area contributed by atoms with E-state index in [-0.39, 0.29) is 30.9 Å². The van der Waals surface area contributed by atoms with Crippen LogP contribution in [0.4, 0.5) is 0 Å². The number of nitrogens with two attached hydrogens (primary N) is 1. The van der Waals surface area contributed by atoms with E-state index < -0.39 is 16.9 Å². The molecular weight excluding hydrogens is 520 g/mol. The Kier molecular flexibility index (Phi) is 6.42. The molecule has 41 heavy (non-hydrogen) atoms. The number of nitrogens with one attached hydrogen (secondary N) is 1. The first kappa shape index (κ1) is 26.7. The predicted molar refractivity (Wildman–Crippen MR) is 154 cm³/mol. The van der Waals surface area contributed by atoms with Crippen LogP contribution in [0.2, 0.25) is 0 Å². The number of aromatic nitrogens is 2. The number of ether oxygens (including phenoxy) is 2. The van der Waals surface area contributed by atoms with Crippen molar-refractivity contribution in [3.8, 4) is 22.8 Å². The molecule has 3 heterocycles. The molecule has 2 atom stereocenters. The fraction of sp³-hybridized carbons (Fsp3) is 0.312. The number of carbonyl (C=O) groups excluding carboxylic acids is 2. The molecule has 0 saturated heterocycles. The van der Waals surface area contributed by atoms with Crippen LogP contribution < -0.4 is 20.5 Å². The minimum Gasteiger partial charge on any atom is -0.489 e. The summed E-state index contributed by atoms with van der Waals surface area (Å²) in [5.74, 6) is 0.121. The molecule has 210 valence electrons. The Morgan fingerprint density at radius 2 is 1.95 bits per heavy atom. The second kappa shape index (κ2) is 9.85. The number of hydrogen-bond acceptors (Lipinski definition) is 7. The van der Waals surface area contributed by atoms with Crippen molar-refractivity contribution in [1.29, 1.82) is 0 Å². The van der Waals surface area contributed by atoms with Gasteiger partial charge in [-0.2, -0.15) is 0 Å². The Labute approximate surface area is 237 Å². The fourth-order valence-corrected chi connectivity index (χ4v) is 4.96. The van der Waals surface area contributed by atoms with E-state index in [0.717, 1.165) is 29.4 Å². The number of aliphatic hydroxyl groups is 1. The van der Waals surface area contributed by atoms with Crippen LogP contribution in [0.5, 0.6) is 11.5 Å². The van der Waals surface area contributed by atoms with Gasteiger partial charge >= 0.3 is 0 Å². The lowest BCUT2D eigenvalue weighted by Gasteiger charge is -2.26. The molecule has 2 aromatic heterocycles. The van der Waals surface area contributed by atoms with E-state index in [1.54, 1.807) is 38.2 Å². The molecule has 0 unspecified atom stereocenters. The molecule has 9 nitrogen and oxygen atoms in total. The molecule has 1 saturated carbocycles. The molecule has 0 spiro atoms. The Balaban J connectivity index is 1.32. The summed E-state index contributed by atoms with van der Waals surface area (Å²) in [5, 5.41) is 15.3. The molecule has 1 aliphatic heterocycles. The molecule has 2 aliphatic rings. The zero-order valence-electron chi connectivity index (χ0n) is 23.2. The Morgan fingerprint density at radius 1 is 1.20 bits per heavy atom. The summed E-state index contributed by atoms with van der Waals surface area (Å²) in [6.45, 7) is 5.21. The molecule has 1 fully saturated rings. The summed E-state index contributed by atoms with van der Waals surface area (Å²) in [5.41, 5.74) is 7.40. The van der Waals surface area contributed by atoms with Crippen LogP contribution >= 0.6 is 0 Å². The molecule has 1 aliphatic carbocycles. The lowest BCUT2D eigenvalue weighted by molar-refractivity contribution is -0.123. The first-order valence-corrected chi connectivity index (χ1v) is 13.7. The van der Waals surface area contributed by atoms with E-state index in [2.05, 4.69) is 10.3 Å². The fourth-order valence-electron chi connectivity index (χ4n) is 4.96. The third-order valence-electron chi connectivity index (χ3n) is 7.84. The zero-order chi connectivity index (χ0) is 28.9. The van der Waals surface area contributed by atoms with Crippen molar-refractivity contribution < 1.29 is 24.2 Å². The van der Waals surface area contributed by atoms with Gasteiger partial charge in [0, 0.05) is 28.3 Å². The number of rotatable bonds is 8. The SMILES string of the molecule is Cc1ccc(-c2nc([C@@](C)(O)CNC(=O)c3cc(OC4CC4)c4ncccc4c3)cc3c2OC[C@]3(C)C(N)=O)cc1. The van der Waals surface area contributed by atoms with Crippen molar-refractivity contribution >= 4 is 22.7 Å². The van der Waals surface area contributed by atoms with E-state index in [0.29, 0.717) is 33.8 Å². The number of pyridine rings is 2. The van der Waals surface area contributed by atoms with Gasteiger partial charge in [-0.15, -0.1) is 0 Å². The quantitative estimate of drug-likeness (QED) is 0.301. The lowest BCUT2D eigenvalue weighted by Crippen LogP contribution is -2.41. The van der Waals surface area contributed by atoms with Gasteiger partial charge < -0.3 is 25.6 Å². The highest BCUT2D eigenvalue weighted by molar-refractivity contribution is 6.00. The van der Waals surface area contributed by atoms with E-state index >= 15 is 0 Å². The maximum atomic E-state index is 13.3. The second-order valence-electron chi connectivity index (χ2n) is 11.4. The molecule has 4 N–H and O–H groups in total. The van der Waals surface area contributed by atoms with Crippen molar-refractivity contribution in [2.75, 3.05) is 13.2 Å². The van der Waals surface area contributed by atoms with E-state index in [1.165, 1.54) is 0 Å². The van der Waals surface area contributed by atoms with Gasteiger partial charge in [0.2, 0.25) is 5.91 Å². The maximum Gasteiger partial charge on any atom is 0.251 e. The first-order valence-electron chi connectivity index (χ1n) is 13.7. The summed E-state index contributed by atoms with van der Waals surface area (Å²) >= 11 is 0. The highest BCUT2D eigenvalue weighted by Gasteiger charge is 2.45. The Hall–Kier alpha value is -4.50. The third kappa shape index (κ3) is 4.97. The first-order chi connectivity index (χ1) is 19.5. The predicted octanol–water partition coefficient (Wildman–Crippen LogP) is 3.92. The smallest absolute Gasteiger partial charge is 0.251 e. The monoisotopic (exact) mass is 552 g/mol. The number of carbonyl (C=O) groups is 2. The molecule has 2 amide bonds. The van der Waals surface area contributed by atoms with Gasteiger partial charge in [0.25, 0.3) is 5.91 Å². The minimum absolute atomic E-state index is 0.0720. The number of fused-ring (bicyclic) bond motifs is 2. The lowest BCUT2D eigenvalue weighted by atomic mass is 9.82. The van der Waals surface area contributed by atoms with Gasteiger partial charge in [0.05, 0.1) is 18.3 Å². The average molecular weight is 553 g/mol. The van der Waals surface area contributed by atoms with Crippen LogP contribution in [0.15, 0.2) is 60.8 Å². The van der Waals surface area contributed by atoms with Crippen molar-refractivity contribution in [3.05, 3.63) is 83.2 Å². The number of hydrogen-bond donors (Lipinski definition) is 3. The van der Waals surface area contributed by atoms with Crippen LogP contribution in [0, 0.1) is 6.92 Å². The summed E-state index contributed by atoms with van der Waals surface area (Å²) in [4.78, 5) is 35.0. The third-order valence-corrected chi connectivity index (χ3v) is 7.84. The molecule has 9 heteroatoms. The molecule has 0 radical (unpaired) electrons. The van der Waals surface area contributed by atoms with Crippen LogP contribution in [0.25, 0.3) is 22.2 Å². The Morgan fingerprint density at radius 3 is 2.66 bits per heavy atom. The molecule has 6 rings (SSSR count). The van der Waals surface area contributed by atoms with Gasteiger partial charge in [0.1, 0.15) is 40.3 Å². The topological polar surface area (TPSA) is 137 Å². The number of benzene rings is 2. The highest BCUT2D eigenvalue weighted by atomic mass is 16.5. The standard InChI is InChI=1S/C32H32N4O5/c1-18-6-8-19(9-7-18)27-28-23(31(2,17-40-28)30(33)38)15-25(36-27)32(3,39)16-35-29(37)21-13-20-5-4-12-34-26(20)24(14-21)41-22-10-11-22/h4-9,12-15,22,39H,10-11,16-17H2,1-3H3,(H2,33,38)(H,35,37)/t31-,32-/m0/s1. The van der Waals surface area contributed by atoms with Gasteiger partial charge in [-0.25, -0.2) is 4.98 Å². The van der Waals surface area contributed by atoms with E-state index in [1.807, 2.05) is 43.3 Å². The summed E-state index contributed by atoms with van der Waals surface area (Å²) in [6.07, 6.45) is 3.79. The van der Waals surface area contributed by atoms with Gasteiger partial charge in [-0.1, -0.05) is 35.9 Å². The normalized spacial score (nSPS) is 19.2. The van der Waals surface area contributed by atoms with Gasteiger partial charge in [-0.05, 0) is 57.9 Å². The largest absolute Gasteiger partial charge is 0.489 e. The summed E-state index contributed by atoms with van der Waals surface area (Å²) < 4.78 is 12.0. The van der Waals surface area contributed by atoms with Crippen LogP contribution in [0.3, 0.4) is 0 Å². The van der Waals surface area contributed by atoms with Crippen LogP contribution in [-0.2, 0) is 15.8 Å². The summed E-state index contributed by atoms with van der Waals surface area (Å²) in [7, 11) is 0. The second-order valence-corrected chi connectivity index (χ2v) is 11.4.